The first-order valence-corrected chi connectivity index (χ1v) is 22.0. The van der Waals surface area contributed by atoms with Crippen molar-refractivity contribution in [1.29, 1.82) is 0 Å². The molecule has 0 amide bonds. The number of hydrogen-bond donors (Lipinski definition) is 0. The third kappa shape index (κ3) is 38.9. The topological polar surface area (TPSA) is 78.9 Å². The van der Waals surface area contributed by atoms with E-state index in [4.69, 9.17) is 14.2 Å². The Balaban J connectivity index is 4.02. The number of carbonyl (C=O) groups excluding carboxylic acids is 3. The largest absolute Gasteiger partial charge is 0.462 e. The first kappa shape index (κ1) is 49.6. The van der Waals surface area contributed by atoms with Crippen LogP contribution in [0.1, 0.15) is 220 Å². The minimum Gasteiger partial charge on any atom is -0.462 e. The van der Waals surface area contributed by atoms with Gasteiger partial charge in [0.05, 0.1) is 0 Å². The van der Waals surface area contributed by atoms with E-state index >= 15 is 0 Å². The Morgan fingerprint density at radius 2 is 0.692 bits per heavy atom. The van der Waals surface area contributed by atoms with E-state index in [0.29, 0.717) is 19.3 Å². The van der Waals surface area contributed by atoms with Crippen LogP contribution in [0.4, 0.5) is 0 Å². The highest BCUT2D eigenvalue weighted by molar-refractivity contribution is 5.71. The molecule has 6 nitrogen and oxygen atoms in total. The van der Waals surface area contributed by atoms with Crippen molar-refractivity contribution in [1.82, 2.24) is 0 Å². The minimum absolute atomic E-state index is 0.0750. The molecule has 0 fully saturated rings. The normalized spacial score (nSPS) is 12.3. The van der Waals surface area contributed by atoms with Gasteiger partial charge in [0.25, 0.3) is 0 Å². The smallest absolute Gasteiger partial charge is 0.306 e. The standard InChI is InChI=1S/C46H82O6/c1-4-7-10-13-15-16-17-18-19-20-21-22-23-24-25-26-27-28-29-30-31-34-36-39-45(48)51-42-43(41-50-44(47)38-35-32-12-9-6-3)52-46(49)40-37-33-14-11-8-5-2/h17-18,20-21,23-24,43H,4-16,19,22,25-42H2,1-3H3/b18-17-,21-20-,24-23-. The number of allylic oxidation sites excluding steroid dienone is 6. The summed E-state index contributed by atoms with van der Waals surface area (Å²) in [6, 6.07) is 0. The fourth-order valence-electron chi connectivity index (χ4n) is 6.04. The Bertz CT molecular complexity index is 891. The fourth-order valence-corrected chi connectivity index (χ4v) is 6.04. The lowest BCUT2D eigenvalue weighted by atomic mass is 10.1. The third-order valence-electron chi connectivity index (χ3n) is 9.40. The molecule has 0 aliphatic heterocycles. The average Bonchev–Trinajstić information content (AvgIpc) is 3.14. The van der Waals surface area contributed by atoms with Gasteiger partial charge in [-0.2, -0.15) is 0 Å². The van der Waals surface area contributed by atoms with Gasteiger partial charge in [-0.1, -0.05) is 179 Å². The molecule has 0 bridgehead atoms. The fraction of sp³-hybridized carbons (Fsp3) is 0.804. The molecular formula is C46H82O6. The van der Waals surface area contributed by atoms with Crippen molar-refractivity contribution in [3.05, 3.63) is 36.5 Å². The average molecular weight is 731 g/mol. The van der Waals surface area contributed by atoms with E-state index in [-0.39, 0.29) is 31.1 Å². The van der Waals surface area contributed by atoms with Crippen molar-refractivity contribution in [2.45, 2.75) is 226 Å². The van der Waals surface area contributed by atoms with Crippen molar-refractivity contribution in [2.24, 2.45) is 0 Å². The van der Waals surface area contributed by atoms with Gasteiger partial charge in [0.2, 0.25) is 0 Å². The van der Waals surface area contributed by atoms with Gasteiger partial charge < -0.3 is 14.2 Å². The molecule has 0 radical (unpaired) electrons. The molecule has 0 aromatic carbocycles. The van der Waals surface area contributed by atoms with Crippen LogP contribution in [0.2, 0.25) is 0 Å². The van der Waals surface area contributed by atoms with Gasteiger partial charge in [-0.05, 0) is 57.8 Å². The highest BCUT2D eigenvalue weighted by Gasteiger charge is 2.19. The summed E-state index contributed by atoms with van der Waals surface area (Å²) in [5.41, 5.74) is 0. The summed E-state index contributed by atoms with van der Waals surface area (Å²) >= 11 is 0. The van der Waals surface area contributed by atoms with Crippen molar-refractivity contribution in [3.63, 3.8) is 0 Å². The van der Waals surface area contributed by atoms with Crippen LogP contribution in [-0.2, 0) is 28.6 Å². The lowest BCUT2D eigenvalue weighted by molar-refractivity contribution is -0.167. The lowest BCUT2D eigenvalue weighted by Gasteiger charge is -2.18. The zero-order valence-corrected chi connectivity index (χ0v) is 34.3. The Morgan fingerprint density at radius 3 is 1.08 bits per heavy atom. The second-order valence-corrected chi connectivity index (χ2v) is 14.6. The highest BCUT2D eigenvalue weighted by atomic mass is 16.6. The maximum atomic E-state index is 12.5. The molecule has 0 rings (SSSR count). The minimum atomic E-state index is -0.764. The molecule has 6 heteroatoms. The van der Waals surface area contributed by atoms with Crippen LogP contribution in [-0.4, -0.2) is 37.2 Å². The number of ether oxygens (including phenoxy) is 3. The Kier molecular flexibility index (Phi) is 39.5. The van der Waals surface area contributed by atoms with Gasteiger partial charge in [-0.15, -0.1) is 0 Å². The number of unbranched alkanes of at least 4 members (excludes halogenated alkanes) is 22. The van der Waals surface area contributed by atoms with Gasteiger partial charge in [0.15, 0.2) is 6.10 Å². The summed E-state index contributed by atoms with van der Waals surface area (Å²) < 4.78 is 16.5. The maximum absolute atomic E-state index is 12.5. The molecule has 0 saturated heterocycles. The Labute approximate surface area is 321 Å². The van der Waals surface area contributed by atoms with Crippen LogP contribution in [0.3, 0.4) is 0 Å². The highest BCUT2D eigenvalue weighted by Crippen LogP contribution is 2.13. The summed E-state index contributed by atoms with van der Waals surface area (Å²) in [6.07, 6.45) is 46.2. The predicted octanol–water partition coefficient (Wildman–Crippen LogP) is 13.8. The van der Waals surface area contributed by atoms with Crippen molar-refractivity contribution in [3.8, 4) is 0 Å². The summed E-state index contributed by atoms with van der Waals surface area (Å²) in [5, 5.41) is 0. The Hall–Kier alpha value is -2.37. The van der Waals surface area contributed by atoms with E-state index in [9.17, 15) is 14.4 Å². The molecule has 0 heterocycles. The molecule has 0 N–H and O–H groups in total. The zero-order valence-electron chi connectivity index (χ0n) is 34.3. The summed E-state index contributed by atoms with van der Waals surface area (Å²) in [6.45, 7) is 6.46. The first-order chi connectivity index (χ1) is 25.5. The van der Waals surface area contributed by atoms with Crippen molar-refractivity contribution >= 4 is 17.9 Å². The summed E-state index contributed by atoms with van der Waals surface area (Å²) in [4.78, 5) is 37.2. The summed E-state index contributed by atoms with van der Waals surface area (Å²) in [7, 11) is 0. The zero-order chi connectivity index (χ0) is 38.0. The van der Waals surface area contributed by atoms with Gasteiger partial charge in [0, 0.05) is 19.3 Å². The maximum Gasteiger partial charge on any atom is 0.306 e. The predicted molar refractivity (Wildman–Crippen MR) is 219 cm³/mol. The lowest BCUT2D eigenvalue weighted by Crippen LogP contribution is -2.30. The molecule has 52 heavy (non-hydrogen) atoms. The molecule has 302 valence electrons. The third-order valence-corrected chi connectivity index (χ3v) is 9.40. The van der Waals surface area contributed by atoms with Crippen molar-refractivity contribution in [2.75, 3.05) is 13.2 Å². The van der Waals surface area contributed by atoms with Crippen LogP contribution in [0.5, 0.6) is 0 Å². The van der Waals surface area contributed by atoms with Gasteiger partial charge in [0.1, 0.15) is 13.2 Å². The Morgan fingerprint density at radius 1 is 0.385 bits per heavy atom. The van der Waals surface area contributed by atoms with E-state index in [0.717, 1.165) is 83.5 Å². The second-order valence-electron chi connectivity index (χ2n) is 14.6. The molecule has 0 aromatic heterocycles. The van der Waals surface area contributed by atoms with E-state index in [1.54, 1.807) is 0 Å². The second kappa shape index (κ2) is 41.4. The van der Waals surface area contributed by atoms with Crippen LogP contribution < -0.4 is 0 Å². The van der Waals surface area contributed by atoms with Crippen LogP contribution in [0.15, 0.2) is 36.5 Å². The quantitative estimate of drug-likeness (QED) is 0.0271. The molecule has 0 saturated carbocycles. The molecule has 0 aliphatic carbocycles. The van der Waals surface area contributed by atoms with E-state index in [1.807, 2.05) is 0 Å². The van der Waals surface area contributed by atoms with E-state index < -0.39 is 6.10 Å². The molecule has 0 aliphatic rings. The first-order valence-electron chi connectivity index (χ1n) is 22.0. The molecule has 1 unspecified atom stereocenters. The van der Waals surface area contributed by atoms with E-state index in [2.05, 4.69) is 57.2 Å². The molecule has 0 spiro atoms. The van der Waals surface area contributed by atoms with Crippen molar-refractivity contribution < 1.29 is 28.6 Å². The SMILES string of the molecule is CCCCCCC/C=C\C/C=C\C/C=C\CCCCCCCCCCC(=O)OCC(COC(=O)CCCCCCC)OC(=O)CCCCCCCC. The molecular weight excluding hydrogens is 649 g/mol. The van der Waals surface area contributed by atoms with Crippen LogP contribution in [0.25, 0.3) is 0 Å². The van der Waals surface area contributed by atoms with Gasteiger partial charge >= 0.3 is 17.9 Å². The molecule has 1 atom stereocenters. The number of carbonyl (C=O) groups is 3. The number of rotatable bonds is 39. The summed E-state index contributed by atoms with van der Waals surface area (Å²) in [5.74, 6) is -0.908. The van der Waals surface area contributed by atoms with Crippen LogP contribution in [0, 0.1) is 0 Å². The van der Waals surface area contributed by atoms with Gasteiger partial charge in [-0.3, -0.25) is 14.4 Å². The molecule has 0 aromatic rings. The van der Waals surface area contributed by atoms with Gasteiger partial charge in [-0.25, -0.2) is 0 Å². The monoisotopic (exact) mass is 731 g/mol. The van der Waals surface area contributed by atoms with E-state index in [1.165, 1.54) is 96.3 Å². The van der Waals surface area contributed by atoms with Crippen LogP contribution >= 0.6 is 0 Å². The number of esters is 3. The number of hydrogen-bond acceptors (Lipinski definition) is 6.